The topological polar surface area (TPSA) is 95.6 Å². The number of phenols is 2. The molecule has 0 aliphatic rings. The van der Waals surface area contributed by atoms with Crippen molar-refractivity contribution in [2.75, 3.05) is 5.32 Å². The first kappa shape index (κ1) is 12.9. The first-order valence-electron chi connectivity index (χ1n) is 5.73. The Bertz CT molecular complexity index is 591. The molecule has 0 bridgehead atoms. The smallest absolute Gasteiger partial charge is 0.263 e. The third-order valence-electron chi connectivity index (χ3n) is 2.67. The van der Waals surface area contributed by atoms with Crippen LogP contribution in [0.1, 0.15) is 15.9 Å². The quantitative estimate of drug-likeness (QED) is 0.675. The average molecular weight is 258 g/mol. The number of hydrogen-bond donors (Lipinski definition) is 4. The summed E-state index contributed by atoms with van der Waals surface area (Å²) in [6, 6.07) is 11.2. The van der Waals surface area contributed by atoms with Crippen molar-refractivity contribution in [3.63, 3.8) is 0 Å². The van der Waals surface area contributed by atoms with Crippen LogP contribution < -0.4 is 11.1 Å². The lowest BCUT2D eigenvalue weighted by atomic mass is 10.1. The van der Waals surface area contributed by atoms with Gasteiger partial charge in [0.15, 0.2) is 0 Å². The molecule has 0 radical (unpaired) electrons. The fourth-order valence-electron chi connectivity index (χ4n) is 1.73. The number of nitrogens with one attached hydrogen (secondary N) is 1. The summed E-state index contributed by atoms with van der Waals surface area (Å²) in [5.74, 6) is -1.12. The molecule has 2 rings (SSSR count). The summed E-state index contributed by atoms with van der Waals surface area (Å²) < 4.78 is 0. The number of anilines is 1. The SMILES string of the molecule is NCc1cccc(NC(=O)c2c(O)cccc2O)c1. The summed E-state index contributed by atoms with van der Waals surface area (Å²) in [5.41, 5.74) is 6.79. The van der Waals surface area contributed by atoms with Crippen molar-refractivity contribution in [3.05, 3.63) is 53.6 Å². The number of phenolic OH excluding ortho intramolecular Hbond substituents is 2. The van der Waals surface area contributed by atoms with Gasteiger partial charge in [0, 0.05) is 12.2 Å². The molecule has 0 unspecified atom stereocenters. The van der Waals surface area contributed by atoms with E-state index in [9.17, 15) is 15.0 Å². The number of carbonyl (C=O) groups is 1. The van der Waals surface area contributed by atoms with Crippen molar-refractivity contribution in [1.29, 1.82) is 0 Å². The first-order chi connectivity index (χ1) is 9.11. The molecule has 2 aromatic rings. The minimum Gasteiger partial charge on any atom is -0.507 e. The number of amides is 1. The van der Waals surface area contributed by atoms with E-state index < -0.39 is 5.91 Å². The molecule has 0 aromatic heterocycles. The standard InChI is InChI=1S/C14H14N2O3/c15-8-9-3-1-4-10(7-9)16-14(19)13-11(17)5-2-6-12(13)18/h1-7,17-18H,8,15H2,(H,16,19). The number of carbonyl (C=O) groups excluding carboxylic acids is 1. The largest absolute Gasteiger partial charge is 0.507 e. The maximum absolute atomic E-state index is 12.0. The van der Waals surface area contributed by atoms with Gasteiger partial charge in [-0.05, 0) is 29.8 Å². The van der Waals surface area contributed by atoms with Gasteiger partial charge < -0.3 is 21.3 Å². The van der Waals surface area contributed by atoms with Crippen molar-refractivity contribution in [1.82, 2.24) is 0 Å². The third-order valence-corrected chi connectivity index (χ3v) is 2.67. The molecule has 19 heavy (non-hydrogen) atoms. The van der Waals surface area contributed by atoms with Gasteiger partial charge in [0.05, 0.1) is 0 Å². The molecule has 2 aromatic carbocycles. The molecule has 0 aliphatic heterocycles. The lowest BCUT2D eigenvalue weighted by molar-refractivity contribution is 0.102. The summed E-state index contributed by atoms with van der Waals surface area (Å²) in [7, 11) is 0. The van der Waals surface area contributed by atoms with Crippen LogP contribution in [0.4, 0.5) is 5.69 Å². The Morgan fingerprint density at radius 2 is 1.74 bits per heavy atom. The minimum absolute atomic E-state index is 0.152. The van der Waals surface area contributed by atoms with Crippen molar-refractivity contribution < 1.29 is 15.0 Å². The van der Waals surface area contributed by atoms with E-state index in [0.717, 1.165) is 5.56 Å². The van der Waals surface area contributed by atoms with Crippen LogP contribution >= 0.6 is 0 Å². The van der Waals surface area contributed by atoms with Gasteiger partial charge in [-0.1, -0.05) is 18.2 Å². The average Bonchev–Trinajstić information content (AvgIpc) is 2.38. The van der Waals surface area contributed by atoms with Crippen molar-refractivity contribution in [2.24, 2.45) is 5.73 Å². The zero-order valence-electron chi connectivity index (χ0n) is 10.1. The minimum atomic E-state index is -0.579. The molecular formula is C14H14N2O3. The maximum Gasteiger partial charge on any atom is 0.263 e. The highest BCUT2D eigenvalue weighted by molar-refractivity contribution is 6.08. The van der Waals surface area contributed by atoms with Crippen LogP contribution in [0.25, 0.3) is 0 Å². The van der Waals surface area contributed by atoms with Gasteiger partial charge in [-0.3, -0.25) is 4.79 Å². The van der Waals surface area contributed by atoms with Gasteiger partial charge in [0.1, 0.15) is 17.1 Å². The lowest BCUT2D eigenvalue weighted by Gasteiger charge is -2.09. The van der Waals surface area contributed by atoms with E-state index in [1.165, 1.54) is 18.2 Å². The van der Waals surface area contributed by atoms with E-state index in [0.29, 0.717) is 12.2 Å². The zero-order valence-corrected chi connectivity index (χ0v) is 10.1. The summed E-state index contributed by atoms with van der Waals surface area (Å²) in [6.45, 7) is 0.367. The fourth-order valence-corrected chi connectivity index (χ4v) is 1.73. The van der Waals surface area contributed by atoms with E-state index in [-0.39, 0.29) is 17.1 Å². The van der Waals surface area contributed by atoms with Crippen molar-refractivity contribution in [3.8, 4) is 11.5 Å². The Hall–Kier alpha value is -2.53. The number of benzene rings is 2. The predicted molar refractivity (Wildman–Crippen MR) is 72.1 cm³/mol. The molecule has 0 fully saturated rings. The Balaban J connectivity index is 2.26. The molecular weight excluding hydrogens is 244 g/mol. The van der Waals surface area contributed by atoms with E-state index in [1.807, 2.05) is 6.07 Å². The van der Waals surface area contributed by atoms with E-state index in [2.05, 4.69) is 5.32 Å². The Morgan fingerprint density at radius 3 is 2.37 bits per heavy atom. The number of hydrogen-bond acceptors (Lipinski definition) is 4. The molecule has 0 spiro atoms. The highest BCUT2D eigenvalue weighted by atomic mass is 16.3. The molecule has 98 valence electrons. The molecule has 0 heterocycles. The van der Waals surface area contributed by atoms with Crippen LogP contribution in [0.15, 0.2) is 42.5 Å². The zero-order chi connectivity index (χ0) is 13.8. The summed E-state index contributed by atoms with van der Waals surface area (Å²) in [5, 5.41) is 21.8. The molecule has 0 saturated heterocycles. The van der Waals surface area contributed by atoms with Crippen LogP contribution in [-0.2, 0) is 6.54 Å². The van der Waals surface area contributed by atoms with Gasteiger partial charge in [-0.15, -0.1) is 0 Å². The maximum atomic E-state index is 12.0. The van der Waals surface area contributed by atoms with Gasteiger partial charge >= 0.3 is 0 Å². The molecule has 0 saturated carbocycles. The Morgan fingerprint density at radius 1 is 1.11 bits per heavy atom. The van der Waals surface area contributed by atoms with E-state index in [4.69, 9.17) is 5.73 Å². The van der Waals surface area contributed by atoms with Gasteiger partial charge in [-0.2, -0.15) is 0 Å². The highest BCUT2D eigenvalue weighted by Crippen LogP contribution is 2.27. The van der Waals surface area contributed by atoms with Crippen LogP contribution in [0.2, 0.25) is 0 Å². The van der Waals surface area contributed by atoms with Crippen LogP contribution in [0.5, 0.6) is 11.5 Å². The second kappa shape index (κ2) is 5.41. The van der Waals surface area contributed by atoms with Gasteiger partial charge in [-0.25, -0.2) is 0 Å². The normalized spacial score (nSPS) is 10.2. The summed E-state index contributed by atoms with van der Waals surface area (Å²) in [6.07, 6.45) is 0. The summed E-state index contributed by atoms with van der Waals surface area (Å²) in [4.78, 5) is 12.0. The molecule has 1 amide bonds. The molecule has 5 N–H and O–H groups in total. The van der Waals surface area contributed by atoms with Gasteiger partial charge in [0.2, 0.25) is 0 Å². The van der Waals surface area contributed by atoms with Gasteiger partial charge in [0.25, 0.3) is 5.91 Å². The predicted octanol–water partition coefficient (Wildman–Crippen LogP) is 1.81. The van der Waals surface area contributed by atoms with Crippen molar-refractivity contribution >= 4 is 11.6 Å². The fraction of sp³-hybridized carbons (Fsp3) is 0.0714. The Kier molecular flexibility index (Phi) is 3.68. The molecule has 0 aliphatic carbocycles. The molecule has 0 atom stereocenters. The molecule has 5 heteroatoms. The van der Waals surface area contributed by atoms with E-state index >= 15 is 0 Å². The van der Waals surface area contributed by atoms with Crippen LogP contribution in [0, 0.1) is 0 Å². The van der Waals surface area contributed by atoms with Crippen molar-refractivity contribution in [2.45, 2.75) is 6.54 Å². The monoisotopic (exact) mass is 258 g/mol. The second-order valence-electron chi connectivity index (χ2n) is 4.03. The van der Waals surface area contributed by atoms with Crippen LogP contribution in [0.3, 0.4) is 0 Å². The van der Waals surface area contributed by atoms with E-state index in [1.54, 1.807) is 18.2 Å². The molecule has 5 nitrogen and oxygen atoms in total. The number of rotatable bonds is 3. The highest BCUT2D eigenvalue weighted by Gasteiger charge is 2.16. The number of nitrogens with two attached hydrogens (primary N) is 1. The van der Waals surface area contributed by atoms with Crippen LogP contribution in [-0.4, -0.2) is 16.1 Å². The third kappa shape index (κ3) is 2.83. The first-order valence-corrected chi connectivity index (χ1v) is 5.73. The number of aromatic hydroxyl groups is 2. The summed E-state index contributed by atoms with van der Waals surface area (Å²) >= 11 is 0. The second-order valence-corrected chi connectivity index (χ2v) is 4.03. The Labute approximate surface area is 110 Å². The lowest BCUT2D eigenvalue weighted by Crippen LogP contribution is -2.12.